The van der Waals surface area contributed by atoms with Gasteiger partial charge in [0, 0.05) is 24.9 Å². The molecule has 0 saturated heterocycles. The minimum Gasteiger partial charge on any atom is -0.384 e. The Kier molecular flexibility index (Phi) is 7.03. The Bertz CT molecular complexity index is 918. The van der Waals surface area contributed by atoms with Crippen molar-refractivity contribution >= 4 is 21.6 Å². The van der Waals surface area contributed by atoms with E-state index in [9.17, 15) is 13.2 Å². The Labute approximate surface area is 172 Å². The highest BCUT2D eigenvalue weighted by Crippen LogP contribution is 2.28. The van der Waals surface area contributed by atoms with E-state index in [1.807, 2.05) is 19.1 Å². The van der Waals surface area contributed by atoms with Gasteiger partial charge in [-0.2, -0.15) is 0 Å². The highest BCUT2D eigenvalue weighted by molar-refractivity contribution is 7.91. The number of aromatic nitrogens is 1. The molecule has 1 amide bonds. The van der Waals surface area contributed by atoms with E-state index in [0.29, 0.717) is 11.4 Å². The summed E-state index contributed by atoms with van der Waals surface area (Å²) in [5.74, 6) is 0.413. The van der Waals surface area contributed by atoms with Crippen molar-refractivity contribution in [2.24, 2.45) is 0 Å². The minimum atomic E-state index is -3.42. The molecule has 2 aromatic rings. The fraction of sp³-hybridized carbons (Fsp3) is 0.455. The van der Waals surface area contributed by atoms with E-state index in [0.717, 1.165) is 31.2 Å². The van der Waals surface area contributed by atoms with Gasteiger partial charge < -0.3 is 4.74 Å². The molecule has 1 aromatic heterocycles. The fourth-order valence-electron chi connectivity index (χ4n) is 3.65. The lowest BCUT2D eigenvalue weighted by molar-refractivity contribution is 0.0969. The molecule has 1 fully saturated rings. The SMILES string of the molecule is COCCS(=O)(=O)c1ccc(C(=O)N(c2ccc(C)cn2)C2CCCCC2)cc1. The van der Waals surface area contributed by atoms with Gasteiger partial charge in [0.25, 0.3) is 5.91 Å². The van der Waals surface area contributed by atoms with Crippen LogP contribution >= 0.6 is 0 Å². The van der Waals surface area contributed by atoms with Crippen LogP contribution in [0.2, 0.25) is 0 Å². The third-order valence-electron chi connectivity index (χ3n) is 5.32. The summed E-state index contributed by atoms with van der Waals surface area (Å²) in [5.41, 5.74) is 1.50. The van der Waals surface area contributed by atoms with Crippen LogP contribution in [0.25, 0.3) is 0 Å². The Hall–Kier alpha value is -2.25. The lowest BCUT2D eigenvalue weighted by Crippen LogP contribution is -2.42. The van der Waals surface area contributed by atoms with Gasteiger partial charge in [0.1, 0.15) is 5.82 Å². The van der Waals surface area contributed by atoms with Gasteiger partial charge in [-0.05, 0) is 55.7 Å². The second-order valence-electron chi connectivity index (χ2n) is 7.50. The van der Waals surface area contributed by atoms with E-state index in [2.05, 4.69) is 4.98 Å². The van der Waals surface area contributed by atoms with E-state index >= 15 is 0 Å². The van der Waals surface area contributed by atoms with Crippen molar-refractivity contribution in [3.05, 3.63) is 53.7 Å². The smallest absolute Gasteiger partial charge is 0.259 e. The molecule has 0 unspecified atom stereocenters. The third-order valence-corrected chi connectivity index (χ3v) is 7.01. The summed E-state index contributed by atoms with van der Waals surface area (Å²) in [7, 11) is -1.96. The van der Waals surface area contributed by atoms with Crippen molar-refractivity contribution in [2.75, 3.05) is 24.4 Å². The first-order valence-corrected chi connectivity index (χ1v) is 11.7. The van der Waals surface area contributed by atoms with Gasteiger partial charge in [0.05, 0.1) is 17.3 Å². The molecule has 0 aliphatic heterocycles. The number of rotatable bonds is 7. The summed E-state index contributed by atoms with van der Waals surface area (Å²) in [5, 5.41) is 0. The van der Waals surface area contributed by atoms with Crippen molar-refractivity contribution in [1.82, 2.24) is 4.98 Å². The molecule has 1 aromatic carbocycles. The molecular weight excluding hydrogens is 388 g/mol. The fourth-order valence-corrected chi connectivity index (χ4v) is 4.83. The molecule has 29 heavy (non-hydrogen) atoms. The van der Waals surface area contributed by atoms with Crippen molar-refractivity contribution in [2.45, 2.75) is 50.0 Å². The number of aryl methyl sites for hydroxylation is 1. The lowest BCUT2D eigenvalue weighted by Gasteiger charge is -2.33. The monoisotopic (exact) mass is 416 g/mol. The van der Waals surface area contributed by atoms with Gasteiger partial charge in [-0.3, -0.25) is 9.69 Å². The number of hydrogen-bond donors (Lipinski definition) is 0. The molecule has 0 spiro atoms. The summed E-state index contributed by atoms with van der Waals surface area (Å²) in [6, 6.07) is 10.1. The van der Waals surface area contributed by atoms with Gasteiger partial charge in [-0.25, -0.2) is 13.4 Å². The number of benzene rings is 1. The maximum Gasteiger partial charge on any atom is 0.259 e. The highest BCUT2D eigenvalue weighted by Gasteiger charge is 2.29. The Morgan fingerprint density at radius 3 is 2.38 bits per heavy atom. The van der Waals surface area contributed by atoms with Crippen LogP contribution < -0.4 is 4.90 Å². The van der Waals surface area contributed by atoms with Gasteiger partial charge in [-0.15, -0.1) is 0 Å². The Morgan fingerprint density at radius 1 is 1.10 bits per heavy atom. The summed E-state index contributed by atoms with van der Waals surface area (Å²) in [6.45, 7) is 2.10. The topological polar surface area (TPSA) is 76.6 Å². The molecule has 1 saturated carbocycles. The summed E-state index contributed by atoms with van der Waals surface area (Å²) >= 11 is 0. The van der Waals surface area contributed by atoms with E-state index in [4.69, 9.17) is 4.74 Å². The molecule has 6 nitrogen and oxygen atoms in total. The number of carbonyl (C=O) groups excluding carboxylic acids is 1. The van der Waals surface area contributed by atoms with Crippen LogP contribution in [-0.2, 0) is 14.6 Å². The van der Waals surface area contributed by atoms with E-state index < -0.39 is 9.84 Å². The largest absolute Gasteiger partial charge is 0.384 e. The molecule has 0 N–H and O–H groups in total. The number of amides is 1. The number of methoxy groups -OCH3 is 1. The minimum absolute atomic E-state index is 0.0850. The first-order chi connectivity index (χ1) is 13.9. The Balaban J connectivity index is 1.88. The third kappa shape index (κ3) is 5.22. The van der Waals surface area contributed by atoms with Crippen LogP contribution in [0.5, 0.6) is 0 Å². The van der Waals surface area contributed by atoms with Gasteiger partial charge in [0.15, 0.2) is 9.84 Å². The molecule has 1 heterocycles. The predicted molar refractivity (Wildman–Crippen MR) is 113 cm³/mol. The average molecular weight is 417 g/mol. The first kappa shape index (κ1) is 21.5. The van der Waals surface area contributed by atoms with Crippen LogP contribution in [0.1, 0.15) is 48.0 Å². The second-order valence-corrected chi connectivity index (χ2v) is 9.61. The maximum absolute atomic E-state index is 13.4. The second kappa shape index (κ2) is 9.50. The van der Waals surface area contributed by atoms with E-state index in [-0.39, 0.29) is 29.2 Å². The molecule has 7 heteroatoms. The van der Waals surface area contributed by atoms with Crippen molar-refractivity contribution in [3.63, 3.8) is 0 Å². The molecule has 1 aliphatic carbocycles. The van der Waals surface area contributed by atoms with Crippen LogP contribution in [-0.4, -0.2) is 44.8 Å². The first-order valence-electron chi connectivity index (χ1n) is 10.0. The zero-order valence-electron chi connectivity index (χ0n) is 17.0. The molecule has 3 rings (SSSR count). The van der Waals surface area contributed by atoms with Gasteiger partial charge in [-0.1, -0.05) is 25.3 Å². The van der Waals surface area contributed by atoms with Gasteiger partial charge >= 0.3 is 0 Å². The summed E-state index contributed by atoms with van der Waals surface area (Å²) in [6.07, 6.45) is 7.04. The average Bonchev–Trinajstić information content (AvgIpc) is 2.74. The van der Waals surface area contributed by atoms with E-state index in [1.165, 1.54) is 25.7 Å². The van der Waals surface area contributed by atoms with Crippen molar-refractivity contribution in [1.29, 1.82) is 0 Å². The Morgan fingerprint density at radius 2 is 1.79 bits per heavy atom. The summed E-state index contributed by atoms with van der Waals surface area (Å²) in [4.78, 5) is 19.8. The number of hydrogen-bond acceptors (Lipinski definition) is 5. The van der Waals surface area contributed by atoms with Crippen LogP contribution in [0, 0.1) is 6.92 Å². The van der Waals surface area contributed by atoms with Crippen LogP contribution in [0.3, 0.4) is 0 Å². The van der Waals surface area contributed by atoms with E-state index in [1.54, 1.807) is 23.2 Å². The molecule has 156 valence electrons. The predicted octanol–water partition coefficient (Wildman–Crippen LogP) is 3.79. The number of anilines is 1. The lowest BCUT2D eigenvalue weighted by atomic mass is 9.93. The number of carbonyl (C=O) groups is 1. The number of pyridine rings is 1. The number of ether oxygens (including phenoxy) is 1. The van der Waals surface area contributed by atoms with Crippen LogP contribution in [0.15, 0.2) is 47.5 Å². The zero-order valence-corrected chi connectivity index (χ0v) is 17.8. The molecule has 0 bridgehead atoms. The number of sulfone groups is 1. The molecular formula is C22H28N2O4S. The quantitative estimate of drug-likeness (QED) is 0.686. The molecule has 0 atom stereocenters. The summed E-state index contributed by atoms with van der Waals surface area (Å²) < 4.78 is 29.5. The van der Waals surface area contributed by atoms with Crippen LogP contribution in [0.4, 0.5) is 5.82 Å². The van der Waals surface area contributed by atoms with Gasteiger partial charge in [0.2, 0.25) is 0 Å². The van der Waals surface area contributed by atoms with Crippen molar-refractivity contribution in [3.8, 4) is 0 Å². The standard InChI is InChI=1S/C22H28N2O4S/c1-17-8-13-21(23-16-17)24(19-6-4-3-5-7-19)22(25)18-9-11-20(12-10-18)29(26,27)15-14-28-2/h8-13,16,19H,3-7,14-15H2,1-2H3. The molecule has 1 aliphatic rings. The highest BCUT2D eigenvalue weighted by atomic mass is 32.2. The zero-order chi connectivity index (χ0) is 20.9. The molecule has 0 radical (unpaired) electrons. The van der Waals surface area contributed by atoms with Crippen molar-refractivity contribution < 1.29 is 17.9 Å². The normalized spacial score (nSPS) is 15.2. The number of nitrogens with zero attached hydrogens (tertiary/aromatic N) is 2. The maximum atomic E-state index is 13.4.